The van der Waals surface area contributed by atoms with Crippen LogP contribution in [0.3, 0.4) is 0 Å². The summed E-state index contributed by atoms with van der Waals surface area (Å²) in [6.07, 6.45) is 0. The average Bonchev–Trinajstić information content (AvgIpc) is 2.42. The molecule has 3 nitrogen and oxygen atoms in total. The second kappa shape index (κ2) is 6.68. The molecule has 0 atom stereocenters. The second-order valence-electron chi connectivity index (χ2n) is 4.87. The highest BCUT2D eigenvalue weighted by atomic mass is 79.9. The first-order valence-electron chi connectivity index (χ1n) is 6.41. The van der Waals surface area contributed by atoms with E-state index < -0.39 is 0 Å². The maximum Gasteiger partial charge on any atom is 0.122 e. The van der Waals surface area contributed by atoms with E-state index in [1.54, 1.807) is 0 Å². The predicted molar refractivity (Wildman–Crippen MR) is 86.8 cm³/mol. The highest BCUT2D eigenvalue weighted by Crippen LogP contribution is 2.18. The fourth-order valence-corrected chi connectivity index (χ4v) is 2.48. The van der Waals surface area contributed by atoms with Crippen LogP contribution in [0.25, 0.3) is 0 Å². The van der Waals surface area contributed by atoms with E-state index in [1.165, 1.54) is 11.1 Å². The third-order valence-corrected chi connectivity index (χ3v) is 3.89. The lowest BCUT2D eigenvalue weighted by Gasteiger charge is -2.18. The van der Waals surface area contributed by atoms with Crippen molar-refractivity contribution < 1.29 is 0 Å². The summed E-state index contributed by atoms with van der Waals surface area (Å²) in [5, 5.41) is 7.38. The van der Waals surface area contributed by atoms with Gasteiger partial charge in [0.2, 0.25) is 0 Å². The molecule has 2 rings (SSSR count). The van der Waals surface area contributed by atoms with E-state index in [4.69, 9.17) is 11.1 Å². The number of benzene rings is 2. The molecular weight excluding hydrogens is 314 g/mol. The van der Waals surface area contributed by atoms with Gasteiger partial charge in [-0.25, -0.2) is 0 Å². The Hall–Kier alpha value is -1.65. The quantitative estimate of drug-likeness (QED) is 0.652. The van der Waals surface area contributed by atoms with Crippen LogP contribution in [-0.4, -0.2) is 17.8 Å². The van der Waals surface area contributed by atoms with Gasteiger partial charge < -0.3 is 5.73 Å². The predicted octanol–water partition coefficient (Wildman–Crippen LogP) is 3.37. The van der Waals surface area contributed by atoms with E-state index >= 15 is 0 Å². The summed E-state index contributed by atoms with van der Waals surface area (Å²) >= 11 is 3.57. The molecule has 0 aliphatic rings. The van der Waals surface area contributed by atoms with E-state index in [0.29, 0.717) is 0 Å². The number of halogens is 1. The Balaban J connectivity index is 1.99. The highest BCUT2D eigenvalue weighted by molar-refractivity contribution is 9.10. The molecule has 4 heteroatoms. The summed E-state index contributed by atoms with van der Waals surface area (Å²) < 4.78 is 1.14. The first kappa shape index (κ1) is 14.8. The number of nitrogens with two attached hydrogens (primary N) is 1. The Morgan fingerprint density at radius 2 is 1.75 bits per heavy atom. The molecule has 20 heavy (non-hydrogen) atoms. The molecule has 2 aromatic carbocycles. The largest absolute Gasteiger partial charge is 0.384 e. The van der Waals surface area contributed by atoms with Gasteiger partial charge in [0.15, 0.2) is 0 Å². The monoisotopic (exact) mass is 331 g/mol. The van der Waals surface area contributed by atoms with Gasteiger partial charge in [0.25, 0.3) is 0 Å². The van der Waals surface area contributed by atoms with Crippen LogP contribution in [0.4, 0.5) is 0 Å². The summed E-state index contributed by atoms with van der Waals surface area (Å²) in [4.78, 5) is 2.25. The minimum absolute atomic E-state index is 0.109. The van der Waals surface area contributed by atoms with Gasteiger partial charge in [-0.15, -0.1) is 0 Å². The summed E-state index contributed by atoms with van der Waals surface area (Å²) in [5.41, 5.74) is 8.70. The fraction of sp³-hybridized carbons (Fsp3) is 0.188. The van der Waals surface area contributed by atoms with Gasteiger partial charge in [-0.2, -0.15) is 0 Å². The Morgan fingerprint density at radius 1 is 1.10 bits per heavy atom. The third kappa shape index (κ3) is 3.92. The van der Waals surface area contributed by atoms with Crippen molar-refractivity contribution in [3.63, 3.8) is 0 Å². The Bertz CT molecular complexity index is 593. The number of nitrogens with one attached hydrogen (secondary N) is 1. The van der Waals surface area contributed by atoms with E-state index in [2.05, 4.69) is 46.1 Å². The number of rotatable bonds is 5. The number of hydrogen-bond acceptors (Lipinski definition) is 2. The molecule has 3 N–H and O–H groups in total. The molecule has 0 aliphatic heterocycles. The molecule has 0 saturated heterocycles. The first-order valence-corrected chi connectivity index (χ1v) is 7.21. The molecule has 0 bridgehead atoms. The molecular formula is C16H18BrN3. The zero-order valence-corrected chi connectivity index (χ0v) is 13.0. The normalized spacial score (nSPS) is 10.8. The van der Waals surface area contributed by atoms with Crippen LogP contribution in [0.5, 0.6) is 0 Å². The van der Waals surface area contributed by atoms with Crippen LogP contribution >= 0.6 is 15.9 Å². The van der Waals surface area contributed by atoms with E-state index in [9.17, 15) is 0 Å². The third-order valence-electron chi connectivity index (χ3n) is 3.12. The maximum absolute atomic E-state index is 7.38. The van der Waals surface area contributed by atoms with Crippen molar-refractivity contribution in [1.82, 2.24) is 4.90 Å². The molecule has 0 radical (unpaired) electrons. The molecule has 0 spiro atoms. The van der Waals surface area contributed by atoms with Gasteiger partial charge >= 0.3 is 0 Å². The Morgan fingerprint density at radius 3 is 2.35 bits per heavy atom. The van der Waals surface area contributed by atoms with Crippen molar-refractivity contribution in [2.45, 2.75) is 13.1 Å². The average molecular weight is 332 g/mol. The first-order chi connectivity index (χ1) is 9.56. The molecule has 0 amide bonds. The van der Waals surface area contributed by atoms with Crippen LogP contribution in [0.2, 0.25) is 0 Å². The lowest BCUT2D eigenvalue weighted by Crippen LogP contribution is -2.17. The lowest BCUT2D eigenvalue weighted by molar-refractivity contribution is 0.318. The zero-order chi connectivity index (χ0) is 14.5. The topological polar surface area (TPSA) is 53.1 Å². The SMILES string of the molecule is CN(Cc1ccc(C(=N)N)cc1)Cc1ccccc1Br. The van der Waals surface area contributed by atoms with Crippen molar-refractivity contribution in [3.8, 4) is 0 Å². The van der Waals surface area contributed by atoms with Crippen molar-refractivity contribution in [3.05, 3.63) is 69.7 Å². The molecule has 2 aromatic rings. The smallest absolute Gasteiger partial charge is 0.122 e. The number of nitrogen functional groups attached to an aromatic ring is 1. The Kier molecular flexibility index (Phi) is 4.93. The van der Waals surface area contributed by atoms with Crippen LogP contribution < -0.4 is 5.73 Å². The molecule has 0 aliphatic carbocycles. The number of nitrogens with zero attached hydrogens (tertiary/aromatic N) is 1. The maximum atomic E-state index is 7.38. The summed E-state index contributed by atoms with van der Waals surface area (Å²) in [6.45, 7) is 1.75. The summed E-state index contributed by atoms with van der Waals surface area (Å²) in [5.74, 6) is 0.109. The van der Waals surface area contributed by atoms with E-state index in [0.717, 1.165) is 23.1 Å². The molecule has 0 fully saturated rings. The second-order valence-corrected chi connectivity index (χ2v) is 5.73. The zero-order valence-electron chi connectivity index (χ0n) is 11.4. The van der Waals surface area contributed by atoms with Crippen molar-refractivity contribution in [1.29, 1.82) is 5.41 Å². The van der Waals surface area contributed by atoms with Crippen molar-refractivity contribution in [2.24, 2.45) is 5.73 Å². The van der Waals surface area contributed by atoms with Crippen LogP contribution in [-0.2, 0) is 13.1 Å². The van der Waals surface area contributed by atoms with Crippen LogP contribution in [0.15, 0.2) is 53.0 Å². The molecule has 0 saturated carbocycles. The molecule has 104 valence electrons. The van der Waals surface area contributed by atoms with Gasteiger partial charge in [0, 0.05) is 23.1 Å². The molecule has 0 aromatic heterocycles. The van der Waals surface area contributed by atoms with E-state index in [1.807, 2.05) is 30.3 Å². The summed E-state index contributed by atoms with van der Waals surface area (Å²) in [7, 11) is 2.10. The van der Waals surface area contributed by atoms with Crippen LogP contribution in [0.1, 0.15) is 16.7 Å². The number of amidine groups is 1. The standard InChI is InChI=1S/C16H18BrN3/c1-20(11-14-4-2-3-5-15(14)17)10-12-6-8-13(9-7-12)16(18)19/h2-9H,10-11H2,1H3,(H3,18,19). The van der Waals surface area contributed by atoms with Crippen molar-refractivity contribution >= 4 is 21.8 Å². The van der Waals surface area contributed by atoms with Gasteiger partial charge in [-0.05, 0) is 24.2 Å². The van der Waals surface area contributed by atoms with E-state index in [-0.39, 0.29) is 5.84 Å². The molecule has 0 heterocycles. The minimum Gasteiger partial charge on any atom is -0.384 e. The van der Waals surface area contributed by atoms with Gasteiger partial charge in [-0.1, -0.05) is 58.4 Å². The van der Waals surface area contributed by atoms with Crippen LogP contribution in [0, 0.1) is 5.41 Å². The fourth-order valence-electron chi connectivity index (χ4n) is 2.07. The van der Waals surface area contributed by atoms with Crippen molar-refractivity contribution in [2.75, 3.05) is 7.05 Å². The Labute approximate surface area is 128 Å². The highest BCUT2D eigenvalue weighted by Gasteiger charge is 2.05. The lowest BCUT2D eigenvalue weighted by atomic mass is 10.1. The van der Waals surface area contributed by atoms with Gasteiger partial charge in [0.05, 0.1) is 0 Å². The summed E-state index contributed by atoms with van der Waals surface area (Å²) in [6, 6.07) is 16.1. The number of hydrogen-bond donors (Lipinski definition) is 2. The van der Waals surface area contributed by atoms with Gasteiger partial charge in [-0.3, -0.25) is 10.3 Å². The molecule has 0 unspecified atom stereocenters. The minimum atomic E-state index is 0.109. The van der Waals surface area contributed by atoms with Gasteiger partial charge in [0.1, 0.15) is 5.84 Å².